The second-order valence-electron chi connectivity index (χ2n) is 4.58. The lowest BCUT2D eigenvalue weighted by Crippen LogP contribution is -2.27. The van der Waals surface area contributed by atoms with Crippen LogP contribution >= 0.6 is 0 Å². The second-order valence-corrected chi connectivity index (χ2v) is 4.58. The predicted molar refractivity (Wildman–Crippen MR) is 53.8 cm³/mol. The highest BCUT2D eigenvalue weighted by atomic mass is 16.6. The highest BCUT2D eigenvalue weighted by molar-refractivity contribution is 5.67. The van der Waals surface area contributed by atoms with Crippen molar-refractivity contribution in [3.8, 4) is 0 Å². The first kappa shape index (κ1) is 10.9. The van der Waals surface area contributed by atoms with Crippen molar-refractivity contribution in [1.82, 2.24) is 0 Å². The summed E-state index contributed by atoms with van der Waals surface area (Å²) in [5.41, 5.74) is 0.122. The molecule has 2 rings (SSSR count). The van der Waals surface area contributed by atoms with E-state index in [9.17, 15) is 4.79 Å². The quantitative estimate of drug-likeness (QED) is 0.772. The number of carboxylic acids is 1. The summed E-state index contributed by atoms with van der Waals surface area (Å²) in [6, 6.07) is 0. The molecule has 1 unspecified atom stereocenters. The van der Waals surface area contributed by atoms with Crippen molar-refractivity contribution in [1.29, 1.82) is 0 Å². The maximum atomic E-state index is 10.3. The lowest BCUT2D eigenvalue weighted by atomic mass is 9.98. The van der Waals surface area contributed by atoms with Gasteiger partial charge in [-0.05, 0) is 25.7 Å². The summed E-state index contributed by atoms with van der Waals surface area (Å²) in [6.45, 7) is 0.209. The minimum Gasteiger partial charge on any atom is -0.480 e. The Bertz CT molecular complexity index is 233. The van der Waals surface area contributed by atoms with E-state index in [4.69, 9.17) is 14.6 Å². The summed E-state index contributed by atoms with van der Waals surface area (Å²) < 4.78 is 11.0. The normalized spacial score (nSPS) is 28.7. The zero-order valence-electron chi connectivity index (χ0n) is 8.91. The topological polar surface area (TPSA) is 55.8 Å². The van der Waals surface area contributed by atoms with E-state index in [2.05, 4.69) is 0 Å². The molecule has 0 aromatic carbocycles. The molecular weight excluding hydrogens is 196 g/mol. The molecule has 1 spiro atoms. The fourth-order valence-electron chi connectivity index (χ4n) is 2.68. The fourth-order valence-corrected chi connectivity index (χ4v) is 2.68. The SMILES string of the molecule is O=C(O)COCC1CCC2(CCCC2)O1. The second kappa shape index (κ2) is 4.49. The minimum atomic E-state index is -0.913. The van der Waals surface area contributed by atoms with E-state index in [1.807, 2.05) is 0 Å². The third-order valence-electron chi connectivity index (χ3n) is 3.38. The molecular formula is C11H18O4. The number of ether oxygens (including phenoxy) is 2. The first-order valence-electron chi connectivity index (χ1n) is 5.68. The van der Waals surface area contributed by atoms with Crippen LogP contribution in [0.1, 0.15) is 38.5 Å². The highest BCUT2D eigenvalue weighted by Gasteiger charge is 2.42. The number of aliphatic carboxylic acids is 1. The van der Waals surface area contributed by atoms with Gasteiger partial charge in [-0.3, -0.25) is 0 Å². The third kappa shape index (κ3) is 2.69. The number of carbonyl (C=O) groups is 1. The van der Waals surface area contributed by atoms with Crippen LogP contribution < -0.4 is 0 Å². The van der Waals surface area contributed by atoms with Gasteiger partial charge in [0.1, 0.15) is 6.61 Å². The standard InChI is InChI=1S/C11H18O4/c12-10(13)8-14-7-9-3-6-11(15-9)4-1-2-5-11/h9H,1-8H2,(H,12,13). The molecule has 0 bridgehead atoms. The van der Waals surface area contributed by atoms with Gasteiger partial charge >= 0.3 is 5.97 Å². The molecule has 1 atom stereocenters. The average Bonchev–Trinajstić information content (AvgIpc) is 2.78. The van der Waals surface area contributed by atoms with E-state index in [1.54, 1.807) is 0 Å². The average molecular weight is 214 g/mol. The van der Waals surface area contributed by atoms with Crippen LogP contribution in [0.25, 0.3) is 0 Å². The molecule has 0 amide bonds. The first-order chi connectivity index (χ1) is 7.20. The van der Waals surface area contributed by atoms with Crippen molar-refractivity contribution < 1.29 is 19.4 Å². The zero-order valence-corrected chi connectivity index (χ0v) is 8.91. The van der Waals surface area contributed by atoms with Gasteiger partial charge < -0.3 is 14.6 Å². The largest absolute Gasteiger partial charge is 0.480 e. The van der Waals surface area contributed by atoms with Crippen LogP contribution in [0, 0.1) is 0 Å². The summed E-state index contributed by atoms with van der Waals surface area (Å²) in [5, 5.41) is 8.43. The molecule has 1 heterocycles. The van der Waals surface area contributed by atoms with E-state index in [0.29, 0.717) is 6.61 Å². The Morgan fingerprint density at radius 3 is 2.80 bits per heavy atom. The van der Waals surface area contributed by atoms with E-state index < -0.39 is 5.97 Å². The van der Waals surface area contributed by atoms with Gasteiger partial charge in [-0.15, -0.1) is 0 Å². The molecule has 86 valence electrons. The third-order valence-corrected chi connectivity index (χ3v) is 3.38. The van der Waals surface area contributed by atoms with Crippen LogP contribution in [0.15, 0.2) is 0 Å². The summed E-state index contributed by atoms with van der Waals surface area (Å²) in [5.74, 6) is -0.913. The van der Waals surface area contributed by atoms with Crippen LogP contribution in [-0.4, -0.2) is 36.0 Å². The van der Waals surface area contributed by atoms with Gasteiger partial charge in [-0.2, -0.15) is 0 Å². The van der Waals surface area contributed by atoms with Gasteiger partial charge in [0, 0.05) is 0 Å². The monoisotopic (exact) mass is 214 g/mol. The van der Waals surface area contributed by atoms with E-state index in [1.165, 1.54) is 25.7 Å². The molecule has 0 aromatic rings. The van der Waals surface area contributed by atoms with Gasteiger partial charge in [0.2, 0.25) is 0 Å². The van der Waals surface area contributed by atoms with Crippen LogP contribution in [0.5, 0.6) is 0 Å². The Balaban J connectivity index is 1.70. The van der Waals surface area contributed by atoms with E-state index in [0.717, 1.165) is 12.8 Å². The molecule has 15 heavy (non-hydrogen) atoms. The summed E-state index contributed by atoms with van der Waals surface area (Å²) in [6.07, 6.45) is 7.12. The van der Waals surface area contributed by atoms with E-state index >= 15 is 0 Å². The predicted octanol–water partition coefficient (Wildman–Crippen LogP) is 1.58. The van der Waals surface area contributed by atoms with Gasteiger partial charge in [-0.25, -0.2) is 4.79 Å². The lowest BCUT2D eigenvalue weighted by Gasteiger charge is -2.23. The van der Waals surface area contributed by atoms with Crippen LogP contribution in [-0.2, 0) is 14.3 Å². The number of rotatable bonds is 4. The maximum absolute atomic E-state index is 10.3. The number of hydrogen-bond acceptors (Lipinski definition) is 3. The Labute approximate surface area is 89.6 Å². The highest BCUT2D eigenvalue weighted by Crippen LogP contribution is 2.43. The molecule has 1 aliphatic heterocycles. The Morgan fingerprint density at radius 1 is 1.40 bits per heavy atom. The minimum absolute atomic E-state index is 0.113. The Hall–Kier alpha value is -0.610. The lowest BCUT2D eigenvalue weighted by molar-refractivity contribution is -0.144. The molecule has 2 fully saturated rings. The maximum Gasteiger partial charge on any atom is 0.329 e. The number of hydrogen-bond donors (Lipinski definition) is 1. The first-order valence-corrected chi connectivity index (χ1v) is 5.68. The fraction of sp³-hybridized carbons (Fsp3) is 0.909. The van der Waals surface area contributed by atoms with Gasteiger partial charge in [-0.1, -0.05) is 12.8 Å². The number of carboxylic acid groups (broad SMARTS) is 1. The molecule has 1 saturated carbocycles. The molecule has 4 nitrogen and oxygen atoms in total. The molecule has 1 saturated heterocycles. The molecule has 1 aliphatic carbocycles. The van der Waals surface area contributed by atoms with Crippen LogP contribution in [0.4, 0.5) is 0 Å². The van der Waals surface area contributed by atoms with E-state index in [-0.39, 0.29) is 18.3 Å². The zero-order chi connectivity index (χ0) is 10.7. The summed E-state index contributed by atoms with van der Waals surface area (Å²) >= 11 is 0. The smallest absolute Gasteiger partial charge is 0.329 e. The van der Waals surface area contributed by atoms with Crippen molar-refractivity contribution in [3.63, 3.8) is 0 Å². The van der Waals surface area contributed by atoms with Gasteiger partial charge in [0.05, 0.1) is 18.3 Å². The summed E-state index contributed by atoms with van der Waals surface area (Å²) in [7, 11) is 0. The molecule has 0 radical (unpaired) electrons. The van der Waals surface area contributed by atoms with Gasteiger partial charge in [0.25, 0.3) is 0 Å². The van der Waals surface area contributed by atoms with Crippen molar-refractivity contribution in [2.75, 3.05) is 13.2 Å². The van der Waals surface area contributed by atoms with Crippen LogP contribution in [0.2, 0.25) is 0 Å². The van der Waals surface area contributed by atoms with Crippen molar-refractivity contribution in [2.24, 2.45) is 0 Å². The Morgan fingerprint density at radius 2 is 2.13 bits per heavy atom. The Kier molecular flexibility index (Phi) is 3.26. The van der Waals surface area contributed by atoms with Crippen molar-refractivity contribution >= 4 is 5.97 Å². The van der Waals surface area contributed by atoms with Crippen molar-refractivity contribution in [2.45, 2.75) is 50.2 Å². The molecule has 1 N–H and O–H groups in total. The molecule has 2 aliphatic rings. The van der Waals surface area contributed by atoms with Gasteiger partial charge in [0.15, 0.2) is 0 Å². The van der Waals surface area contributed by atoms with Crippen LogP contribution in [0.3, 0.4) is 0 Å². The van der Waals surface area contributed by atoms with Crippen molar-refractivity contribution in [3.05, 3.63) is 0 Å². The molecule has 0 aromatic heterocycles. The summed E-state index contributed by atoms with van der Waals surface area (Å²) in [4.78, 5) is 10.3. The molecule has 4 heteroatoms.